The lowest BCUT2D eigenvalue weighted by molar-refractivity contribution is 0.608. The molecule has 0 bridgehead atoms. The van der Waals surface area contributed by atoms with Crippen molar-refractivity contribution in [3.05, 3.63) is 21.7 Å². The fraction of sp³-hybridized carbons (Fsp3) is 0.636. The highest BCUT2D eigenvalue weighted by Crippen LogP contribution is 2.57. The third-order valence-electron chi connectivity index (χ3n) is 3.10. The van der Waals surface area contributed by atoms with Gasteiger partial charge < -0.3 is 0 Å². The molecule has 1 saturated carbocycles. The maximum absolute atomic E-state index is 6.06. The summed E-state index contributed by atoms with van der Waals surface area (Å²) < 4.78 is 0. The number of nitrogens with zero attached hydrogens (tertiary/aromatic N) is 2. The molecule has 1 aromatic heterocycles. The molecule has 0 radical (unpaired) electrons. The Bertz CT molecular complexity index is 379. The van der Waals surface area contributed by atoms with Crippen molar-refractivity contribution in [2.45, 2.75) is 39.5 Å². The average molecular weight is 245 g/mol. The zero-order chi connectivity index (χ0) is 11.2. The maximum atomic E-state index is 6.06. The van der Waals surface area contributed by atoms with Crippen LogP contribution in [-0.2, 0) is 6.42 Å². The van der Waals surface area contributed by atoms with Crippen molar-refractivity contribution < 1.29 is 0 Å². The van der Waals surface area contributed by atoms with Gasteiger partial charge in [-0.25, -0.2) is 9.97 Å². The van der Waals surface area contributed by atoms with Crippen molar-refractivity contribution in [3.63, 3.8) is 0 Å². The van der Waals surface area contributed by atoms with Crippen molar-refractivity contribution in [3.8, 4) is 0 Å². The van der Waals surface area contributed by atoms with Crippen LogP contribution in [0.2, 0.25) is 10.3 Å². The molecule has 1 unspecified atom stereocenters. The molecule has 0 aromatic carbocycles. The van der Waals surface area contributed by atoms with E-state index in [4.69, 9.17) is 23.2 Å². The molecule has 0 N–H and O–H groups in total. The molecule has 1 aliphatic carbocycles. The summed E-state index contributed by atoms with van der Waals surface area (Å²) in [5, 5.41) is 1.02. The van der Waals surface area contributed by atoms with E-state index in [1.54, 1.807) is 0 Å². The third-order valence-corrected chi connectivity index (χ3v) is 3.73. The highest BCUT2D eigenvalue weighted by atomic mass is 35.5. The van der Waals surface area contributed by atoms with Gasteiger partial charge in [0.15, 0.2) is 0 Å². The van der Waals surface area contributed by atoms with Crippen molar-refractivity contribution in [1.82, 2.24) is 9.97 Å². The van der Waals surface area contributed by atoms with Crippen molar-refractivity contribution in [2.24, 2.45) is 5.41 Å². The maximum Gasteiger partial charge on any atom is 0.137 e. The standard InChI is InChI=1S/C11H14Cl2N2/c1-4-6-8(12)14-10(15-9(6)13)7-5-11(7,2)3/h7H,4-5H2,1-3H3. The highest BCUT2D eigenvalue weighted by molar-refractivity contribution is 6.34. The smallest absolute Gasteiger partial charge is 0.137 e. The van der Waals surface area contributed by atoms with E-state index in [1.807, 2.05) is 6.92 Å². The van der Waals surface area contributed by atoms with Gasteiger partial charge in [0.05, 0.1) is 0 Å². The number of halogens is 2. The molecular weight excluding hydrogens is 231 g/mol. The van der Waals surface area contributed by atoms with Gasteiger partial charge in [-0.1, -0.05) is 44.0 Å². The van der Waals surface area contributed by atoms with Crippen LogP contribution >= 0.6 is 23.2 Å². The Labute approximate surface area is 100 Å². The van der Waals surface area contributed by atoms with Crippen LogP contribution in [0.25, 0.3) is 0 Å². The van der Waals surface area contributed by atoms with E-state index >= 15 is 0 Å². The second kappa shape index (κ2) is 3.60. The first-order chi connectivity index (χ1) is 6.95. The molecule has 1 atom stereocenters. The molecule has 1 heterocycles. The molecule has 0 amide bonds. The minimum Gasteiger partial charge on any atom is -0.220 e. The fourth-order valence-electron chi connectivity index (χ4n) is 1.80. The number of hydrogen-bond donors (Lipinski definition) is 0. The van der Waals surface area contributed by atoms with Crippen molar-refractivity contribution in [1.29, 1.82) is 0 Å². The van der Waals surface area contributed by atoms with Crippen LogP contribution in [0, 0.1) is 5.41 Å². The second-order valence-electron chi connectivity index (χ2n) is 4.74. The van der Waals surface area contributed by atoms with E-state index in [1.165, 1.54) is 0 Å². The predicted octanol–water partition coefficient (Wildman–Crippen LogP) is 3.86. The molecule has 2 nitrogen and oxygen atoms in total. The number of aromatic nitrogens is 2. The minimum atomic E-state index is 0.306. The van der Waals surface area contributed by atoms with Crippen molar-refractivity contribution in [2.75, 3.05) is 0 Å². The van der Waals surface area contributed by atoms with E-state index in [9.17, 15) is 0 Å². The van der Waals surface area contributed by atoms with Gasteiger partial charge in [0, 0.05) is 11.5 Å². The summed E-state index contributed by atoms with van der Waals surface area (Å²) >= 11 is 12.1. The third kappa shape index (κ3) is 1.98. The lowest BCUT2D eigenvalue weighted by atomic mass is 10.1. The zero-order valence-corrected chi connectivity index (χ0v) is 10.7. The van der Waals surface area contributed by atoms with Crippen LogP contribution in [0.15, 0.2) is 0 Å². The topological polar surface area (TPSA) is 25.8 Å². The molecule has 1 aromatic rings. The molecular formula is C11H14Cl2N2. The predicted molar refractivity (Wildman–Crippen MR) is 62.6 cm³/mol. The normalized spacial score (nSPS) is 22.9. The molecule has 4 heteroatoms. The van der Waals surface area contributed by atoms with Gasteiger partial charge in [-0.3, -0.25) is 0 Å². The van der Waals surface area contributed by atoms with Gasteiger partial charge in [0.1, 0.15) is 16.1 Å². The lowest BCUT2D eigenvalue weighted by Crippen LogP contribution is -2.01. The van der Waals surface area contributed by atoms with Crippen LogP contribution in [0.1, 0.15) is 44.5 Å². The Morgan fingerprint density at radius 1 is 1.27 bits per heavy atom. The van der Waals surface area contributed by atoms with E-state index in [2.05, 4.69) is 23.8 Å². The molecule has 1 fully saturated rings. The fourth-order valence-corrected chi connectivity index (χ4v) is 2.47. The van der Waals surface area contributed by atoms with E-state index in [-0.39, 0.29) is 0 Å². The Kier molecular flexibility index (Phi) is 2.68. The van der Waals surface area contributed by atoms with Crippen LogP contribution < -0.4 is 0 Å². The summed E-state index contributed by atoms with van der Waals surface area (Å²) in [4.78, 5) is 8.66. The lowest BCUT2D eigenvalue weighted by Gasteiger charge is -2.07. The first-order valence-electron chi connectivity index (χ1n) is 5.17. The monoisotopic (exact) mass is 244 g/mol. The van der Waals surface area contributed by atoms with Gasteiger partial charge in [-0.2, -0.15) is 0 Å². The molecule has 1 aliphatic rings. The van der Waals surface area contributed by atoms with Crippen LogP contribution in [0.3, 0.4) is 0 Å². The van der Waals surface area contributed by atoms with Gasteiger partial charge in [0.2, 0.25) is 0 Å². The van der Waals surface area contributed by atoms with Crippen LogP contribution in [0.4, 0.5) is 0 Å². The van der Waals surface area contributed by atoms with E-state index in [0.29, 0.717) is 21.6 Å². The van der Waals surface area contributed by atoms with Gasteiger partial charge in [-0.15, -0.1) is 0 Å². The Hall–Kier alpha value is -0.340. The Morgan fingerprint density at radius 3 is 2.07 bits per heavy atom. The summed E-state index contributed by atoms with van der Waals surface area (Å²) in [5.74, 6) is 1.21. The van der Waals surface area contributed by atoms with E-state index in [0.717, 1.165) is 24.2 Å². The van der Waals surface area contributed by atoms with Crippen LogP contribution in [0.5, 0.6) is 0 Å². The summed E-state index contributed by atoms with van der Waals surface area (Å²) in [6.45, 7) is 6.41. The summed E-state index contributed by atoms with van der Waals surface area (Å²) in [5.41, 5.74) is 1.15. The molecule has 82 valence electrons. The van der Waals surface area contributed by atoms with Crippen LogP contribution in [-0.4, -0.2) is 9.97 Å². The Morgan fingerprint density at radius 2 is 1.73 bits per heavy atom. The largest absolute Gasteiger partial charge is 0.220 e. The molecule has 15 heavy (non-hydrogen) atoms. The summed E-state index contributed by atoms with van der Waals surface area (Å²) in [7, 11) is 0. The summed E-state index contributed by atoms with van der Waals surface area (Å²) in [6.07, 6.45) is 1.89. The van der Waals surface area contributed by atoms with Gasteiger partial charge in [0.25, 0.3) is 0 Å². The molecule has 0 spiro atoms. The molecule has 0 aliphatic heterocycles. The van der Waals surface area contributed by atoms with Gasteiger partial charge >= 0.3 is 0 Å². The zero-order valence-electron chi connectivity index (χ0n) is 9.14. The molecule has 2 rings (SSSR count). The average Bonchev–Trinajstić information content (AvgIpc) is 2.74. The quantitative estimate of drug-likeness (QED) is 0.739. The van der Waals surface area contributed by atoms with Gasteiger partial charge in [-0.05, 0) is 18.3 Å². The number of rotatable bonds is 2. The van der Waals surface area contributed by atoms with Crippen molar-refractivity contribution >= 4 is 23.2 Å². The summed E-state index contributed by atoms with van der Waals surface area (Å²) in [6, 6.07) is 0. The SMILES string of the molecule is CCc1c(Cl)nc(C2CC2(C)C)nc1Cl. The highest BCUT2D eigenvalue weighted by Gasteiger charge is 2.48. The minimum absolute atomic E-state index is 0.306. The Balaban J connectivity index is 2.37. The number of hydrogen-bond acceptors (Lipinski definition) is 2. The van der Waals surface area contributed by atoms with E-state index < -0.39 is 0 Å². The first-order valence-corrected chi connectivity index (χ1v) is 5.93. The first kappa shape index (κ1) is 11.2. The molecule has 0 saturated heterocycles. The second-order valence-corrected chi connectivity index (χ2v) is 5.46.